The minimum atomic E-state index is -0.234. The number of hydrogen-bond donors (Lipinski definition) is 2. The number of halogens is 1. The lowest BCUT2D eigenvalue weighted by Crippen LogP contribution is -2.40. The molecular weight excluding hydrogens is 275 g/mol. The molecule has 0 aromatic heterocycles. The van der Waals surface area contributed by atoms with E-state index in [9.17, 15) is 9.18 Å². The minimum absolute atomic E-state index is 0.0973. The van der Waals surface area contributed by atoms with E-state index >= 15 is 0 Å². The molecule has 3 nitrogen and oxygen atoms in total. The van der Waals surface area contributed by atoms with Gasteiger partial charge in [0.05, 0.1) is 0 Å². The van der Waals surface area contributed by atoms with E-state index in [4.69, 9.17) is 5.73 Å². The topological polar surface area (TPSA) is 55.1 Å². The molecule has 1 aromatic carbocycles. The van der Waals surface area contributed by atoms with Crippen LogP contribution in [0.15, 0.2) is 29.2 Å². The Morgan fingerprint density at radius 1 is 1.25 bits per heavy atom. The largest absolute Gasteiger partial charge is 0.353 e. The highest BCUT2D eigenvalue weighted by Gasteiger charge is 2.19. The van der Waals surface area contributed by atoms with Crippen LogP contribution in [-0.2, 0) is 4.79 Å². The average molecular weight is 296 g/mol. The smallest absolute Gasteiger partial charge is 0.221 e. The number of carbonyl (C=O) groups is 1. The summed E-state index contributed by atoms with van der Waals surface area (Å²) in [4.78, 5) is 12.8. The van der Waals surface area contributed by atoms with Crippen LogP contribution >= 0.6 is 11.8 Å². The van der Waals surface area contributed by atoms with Crippen molar-refractivity contribution in [2.45, 2.75) is 49.1 Å². The minimum Gasteiger partial charge on any atom is -0.353 e. The molecular formula is C15H21FN2OS. The number of thioether (sulfide) groups is 1. The maximum atomic E-state index is 12.7. The second kappa shape index (κ2) is 7.64. The van der Waals surface area contributed by atoms with Gasteiger partial charge in [0, 0.05) is 29.2 Å². The standard InChI is InChI=1S/C15H21FN2OS/c16-11-1-7-14(8-2-11)20-10-9-15(19)18-13-5-3-12(17)4-6-13/h1-2,7-8,12-13H,3-6,9-10,17H2,(H,18,19). The fraction of sp³-hybridized carbons (Fsp3) is 0.533. The predicted octanol–water partition coefficient (Wildman–Crippen LogP) is 2.69. The number of rotatable bonds is 5. The number of amides is 1. The molecule has 1 saturated carbocycles. The first-order valence-electron chi connectivity index (χ1n) is 7.07. The predicted molar refractivity (Wildman–Crippen MR) is 80.1 cm³/mol. The summed E-state index contributed by atoms with van der Waals surface area (Å²) < 4.78 is 12.7. The van der Waals surface area contributed by atoms with Crippen molar-refractivity contribution in [1.29, 1.82) is 0 Å². The van der Waals surface area contributed by atoms with Crippen molar-refractivity contribution in [3.63, 3.8) is 0 Å². The van der Waals surface area contributed by atoms with Gasteiger partial charge in [-0.15, -0.1) is 11.8 Å². The second-order valence-corrected chi connectivity index (χ2v) is 6.40. The van der Waals surface area contributed by atoms with Gasteiger partial charge in [0.15, 0.2) is 0 Å². The molecule has 0 aliphatic heterocycles. The van der Waals surface area contributed by atoms with Gasteiger partial charge in [-0.3, -0.25) is 4.79 Å². The molecule has 1 aliphatic carbocycles. The van der Waals surface area contributed by atoms with Gasteiger partial charge in [-0.2, -0.15) is 0 Å². The molecule has 1 aromatic rings. The van der Waals surface area contributed by atoms with E-state index in [0.717, 1.165) is 30.6 Å². The highest BCUT2D eigenvalue weighted by Crippen LogP contribution is 2.20. The molecule has 0 radical (unpaired) electrons. The normalized spacial score (nSPS) is 22.5. The van der Waals surface area contributed by atoms with Gasteiger partial charge in [-0.1, -0.05) is 0 Å². The van der Waals surface area contributed by atoms with Crippen molar-refractivity contribution < 1.29 is 9.18 Å². The van der Waals surface area contributed by atoms with E-state index < -0.39 is 0 Å². The Balaban J connectivity index is 1.64. The summed E-state index contributed by atoms with van der Waals surface area (Å²) in [6.07, 6.45) is 4.45. The maximum Gasteiger partial charge on any atom is 0.221 e. The summed E-state index contributed by atoms with van der Waals surface area (Å²) >= 11 is 1.57. The Morgan fingerprint density at radius 3 is 2.55 bits per heavy atom. The zero-order chi connectivity index (χ0) is 14.4. The SMILES string of the molecule is NC1CCC(NC(=O)CCSc2ccc(F)cc2)CC1. The number of nitrogens with one attached hydrogen (secondary N) is 1. The van der Waals surface area contributed by atoms with Crippen molar-refractivity contribution >= 4 is 17.7 Å². The highest BCUT2D eigenvalue weighted by molar-refractivity contribution is 7.99. The monoisotopic (exact) mass is 296 g/mol. The molecule has 1 aliphatic rings. The van der Waals surface area contributed by atoms with Crippen LogP contribution in [0.5, 0.6) is 0 Å². The van der Waals surface area contributed by atoms with Gasteiger partial charge >= 0.3 is 0 Å². The van der Waals surface area contributed by atoms with Gasteiger partial charge in [0.25, 0.3) is 0 Å². The summed E-state index contributed by atoms with van der Waals surface area (Å²) in [6, 6.07) is 6.94. The van der Waals surface area contributed by atoms with Crippen LogP contribution in [0.1, 0.15) is 32.1 Å². The van der Waals surface area contributed by atoms with Crippen molar-refractivity contribution in [3.05, 3.63) is 30.1 Å². The molecule has 1 fully saturated rings. The molecule has 0 bridgehead atoms. The average Bonchev–Trinajstić information content (AvgIpc) is 2.44. The molecule has 2 rings (SSSR count). The first kappa shape index (κ1) is 15.3. The summed E-state index contributed by atoms with van der Waals surface area (Å²) in [5, 5.41) is 3.07. The summed E-state index contributed by atoms with van der Waals surface area (Å²) in [6.45, 7) is 0. The molecule has 110 valence electrons. The molecule has 0 spiro atoms. The van der Waals surface area contributed by atoms with E-state index in [1.54, 1.807) is 23.9 Å². The van der Waals surface area contributed by atoms with Crippen molar-refractivity contribution in [2.24, 2.45) is 5.73 Å². The maximum absolute atomic E-state index is 12.7. The van der Waals surface area contributed by atoms with E-state index in [0.29, 0.717) is 18.2 Å². The zero-order valence-electron chi connectivity index (χ0n) is 11.5. The Kier molecular flexibility index (Phi) is 5.86. The molecule has 0 atom stereocenters. The fourth-order valence-electron chi connectivity index (χ4n) is 2.36. The highest BCUT2D eigenvalue weighted by atomic mass is 32.2. The van der Waals surface area contributed by atoms with Gasteiger partial charge in [0.1, 0.15) is 5.82 Å². The first-order chi connectivity index (χ1) is 9.63. The zero-order valence-corrected chi connectivity index (χ0v) is 12.3. The third-order valence-electron chi connectivity index (χ3n) is 3.55. The number of carbonyl (C=O) groups excluding carboxylic acids is 1. The van der Waals surface area contributed by atoms with Crippen molar-refractivity contribution in [3.8, 4) is 0 Å². The first-order valence-corrected chi connectivity index (χ1v) is 8.05. The van der Waals surface area contributed by atoms with Crippen molar-refractivity contribution in [2.75, 3.05) is 5.75 Å². The summed E-state index contributed by atoms with van der Waals surface area (Å²) in [5.41, 5.74) is 5.84. The van der Waals surface area contributed by atoms with E-state index in [1.807, 2.05) is 0 Å². The molecule has 0 unspecified atom stereocenters. The molecule has 20 heavy (non-hydrogen) atoms. The number of hydrogen-bond acceptors (Lipinski definition) is 3. The van der Waals surface area contributed by atoms with Crippen LogP contribution in [0.3, 0.4) is 0 Å². The van der Waals surface area contributed by atoms with Gasteiger partial charge < -0.3 is 11.1 Å². The van der Waals surface area contributed by atoms with Crippen LogP contribution in [0.4, 0.5) is 4.39 Å². The fourth-order valence-corrected chi connectivity index (χ4v) is 3.21. The van der Waals surface area contributed by atoms with Gasteiger partial charge in [0.2, 0.25) is 5.91 Å². The summed E-state index contributed by atoms with van der Waals surface area (Å²) in [7, 11) is 0. The van der Waals surface area contributed by atoms with E-state index in [1.165, 1.54) is 12.1 Å². The van der Waals surface area contributed by atoms with Crippen molar-refractivity contribution in [1.82, 2.24) is 5.32 Å². The van der Waals surface area contributed by atoms with E-state index in [2.05, 4.69) is 5.32 Å². The van der Waals surface area contributed by atoms with Crippen LogP contribution in [-0.4, -0.2) is 23.7 Å². The van der Waals surface area contributed by atoms with Crippen LogP contribution in [0.25, 0.3) is 0 Å². The Labute approximate surface area is 123 Å². The lowest BCUT2D eigenvalue weighted by molar-refractivity contribution is -0.121. The summed E-state index contributed by atoms with van der Waals surface area (Å²) in [5.74, 6) is 0.576. The third kappa shape index (κ3) is 5.13. The molecule has 0 saturated heterocycles. The Hall–Kier alpha value is -1.07. The molecule has 1 amide bonds. The molecule has 3 N–H and O–H groups in total. The van der Waals surface area contributed by atoms with E-state index in [-0.39, 0.29) is 17.8 Å². The van der Waals surface area contributed by atoms with Crippen LogP contribution in [0.2, 0.25) is 0 Å². The van der Waals surface area contributed by atoms with Gasteiger partial charge in [-0.05, 0) is 49.9 Å². The molecule has 0 heterocycles. The van der Waals surface area contributed by atoms with Crippen LogP contribution in [0, 0.1) is 5.82 Å². The number of nitrogens with two attached hydrogens (primary N) is 1. The second-order valence-electron chi connectivity index (χ2n) is 5.23. The lowest BCUT2D eigenvalue weighted by atomic mass is 9.92. The Bertz CT molecular complexity index is 430. The Morgan fingerprint density at radius 2 is 1.90 bits per heavy atom. The quantitative estimate of drug-likeness (QED) is 0.821. The van der Waals surface area contributed by atoms with Crippen LogP contribution < -0.4 is 11.1 Å². The van der Waals surface area contributed by atoms with Gasteiger partial charge in [-0.25, -0.2) is 4.39 Å². The third-order valence-corrected chi connectivity index (χ3v) is 4.56. The number of benzene rings is 1. The molecule has 5 heteroatoms. The lowest BCUT2D eigenvalue weighted by Gasteiger charge is -2.26.